The van der Waals surface area contributed by atoms with Crippen LogP contribution in [0.2, 0.25) is 0 Å². The molecule has 2 atom stereocenters. The standard InChI is InChI=1S/C17H23NO/c1-11(2)12(3)17(18)15-9-10-16(19-4)14-8-6-5-7-13(14)15/h5-12,17H,18H2,1-4H3. The Morgan fingerprint density at radius 3 is 2.16 bits per heavy atom. The molecule has 0 aliphatic heterocycles. The normalized spacial score (nSPS) is 14.6. The fourth-order valence-corrected chi connectivity index (χ4v) is 2.46. The molecule has 2 N–H and O–H groups in total. The molecule has 0 amide bonds. The molecular formula is C17H23NO. The summed E-state index contributed by atoms with van der Waals surface area (Å²) in [5, 5.41) is 2.33. The zero-order chi connectivity index (χ0) is 14.0. The first-order valence-corrected chi connectivity index (χ1v) is 6.87. The molecule has 0 heterocycles. The summed E-state index contributed by atoms with van der Waals surface area (Å²) in [4.78, 5) is 0. The van der Waals surface area contributed by atoms with Crippen LogP contribution >= 0.6 is 0 Å². The van der Waals surface area contributed by atoms with E-state index in [1.54, 1.807) is 7.11 Å². The van der Waals surface area contributed by atoms with Crippen molar-refractivity contribution >= 4 is 10.8 Å². The van der Waals surface area contributed by atoms with Crippen LogP contribution in [0, 0.1) is 11.8 Å². The number of benzene rings is 2. The van der Waals surface area contributed by atoms with Gasteiger partial charge in [-0.05, 0) is 28.9 Å². The van der Waals surface area contributed by atoms with E-state index in [4.69, 9.17) is 10.5 Å². The third kappa shape index (κ3) is 2.59. The highest BCUT2D eigenvalue weighted by Gasteiger charge is 2.20. The molecule has 2 rings (SSSR count). The van der Waals surface area contributed by atoms with Gasteiger partial charge in [0.15, 0.2) is 0 Å². The van der Waals surface area contributed by atoms with Crippen LogP contribution < -0.4 is 10.5 Å². The molecule has 2 aromatic rings. The van der Waals surface area contributed by atoms with Gasteiger partial charge in [-0.2, -0.15) is 0 Å². The molecular weight excluding hydrogens is 234 g/mol. The van der Waals surface area contributed by atoms with Gasteiger partial charge in [-0.15, -0.1) is 0 Å². The van der Waals surface area contributed by atoms with Gasteiger partial charge in [0.1, 0.15) is 5.75 Å². The summed E-state index contributed by atoms with van der Waals surface area (Å²) < 4.78 is 5.43. The van der Waals surface area contributed by atoms with E-state index in [1.807, 2.05) is 12.1 Å². The van der Waals surface area contributed by atoms with Crippen LogP contribution in [0.15, 0.2) is 36.4 Å². The summed E-state index contributed by atoms with van der Waals surface area (Å²) in [6.07, 6.45) is 0. The predicted molar refractivity (Wildman–Crippen MR) is 81.4 cm³/mol. The third-order valence-corrected chi connectivity index (χ3v) is 4.11. The van der Waals surface area contributed by atoms with Crippen molar-refractivity contribution in [2.45, 2.75) is 26.8 Å². The average molecular weight is 257 g/mol. The second-order valence-corrected chi connectivity index (χ2v) is 5.53. The fourth-order valence-electron chi connectivity index (χ4n) is 2.46. The maximum absolute atomic E-state index is 6.46. The van der Waals surface area contributed by atoms with Crippen molar-refractivity contribution in [3.8, 4) is 5.75 Å². The topological polar surface area (TPSA) is 35.2 Å². The number of methoxy groups -OCH3 is 1. The summed E-state index contributed by atoms with van der Waals surface area (Å²) in [7, 11) is 1.71. The van der Waals surface area contributed by atoms with Gasteiger partial charge < -0.3 is 10.5 Å². The van der Waals surface area contributed by atoms with Crippen molar-refractivity contribution in [3.63, 3.8) is 0 Å². The Hall–Kier alpha value is -1.54. The minimum absolute atomic E-state index is 0.0517. The highest BCUT2D eigenvalue weighted by Crippen LogP contribution is 2.34. The smallest absolute Gasteiger partial charge is 0.126 e. The quantitative estimate of drug-likeness (QED) is 0.893. The lowest BCUT2D eigenvalue weighted by Crippen LogP contribution is -2.23. The molecule has 0 bridgehead atoms. The van der Waals surface area contributed by atoms with Gasteiger partial charge >= 0.3 is 0 Å². The maximum Gasteiger partial charge on any atom is 0.126 e. The summed E-state index contributed by atoms with van der Waals surface area (Å²) in [5.74, 6) is 1.91. The summed E-state index contributed by atoms with van der Waals surface area (Å²) in [6.45, 7) is 6.65. The zero-order valence-electron chi connectivity index (χ0n) is 12.2. The fraction of sp³-hybridized carbons (Fsp3) is 0.412. The Morgan fingerprint density at radius 1 is 0.947 bits per heavy atom. The van der Waals surface area contributed by atoms with Crippen LogP contribution in [-0.4, -0.2) is 7.11 Å². The highest BCUT2D eigenvalue weighted by molar-refractivity contribution is 5.91. The number of ether oxygens (including phenoxy) is 1. The molecule has 0 aromatic heterocycles. The second-order valence-electron chi connectivity index (χ2n) is 5.53. The molecule has 2 nitrogen and oxygen atoms in total. The first kappa shape index (κ1) is 13.9. The molecule has 2 unspecified atom stereocenters. The average Bonchev–Trinajstić information content (AvgIpc) is 2.44. The first-order valence-electron chi connectivity index (χ1n) is 6.87. The molecule has 0 aliphatic rings. The number of hydrogen-bond donors (Lipinski definition) is 1. The number of nitrogens with two attached hydrogens (primary N) is 1. The summed E-state index contributed by atoms with van der Waals surface area (Å²) in [6, 6.07) is 12.5. The summed E-state index contributed by atoms with van der Waals surface area (Å²) >= 11 is 0. The van der Waals surface area contributed by atoms with Gasteiger partial charge in [-0.25, -0.2) is 0 Å². The van der Waals surface area contributed by atoms with E-state index < -0.39 is 0 Å². The van der Waals surface area contributed by atoms with Crippen LogP contribution in [0.5, 0.6) is 5.75 Å². The van der Waals surface area contributed by atoms with E-state index in [9.17, 15) is 0 Å². The van der Waals surface area contributed by atoms with E-state index in [1.165, 1.54) is 10.9 Å². The lowest BCUT2D eigenvalue weighted by atomic mass is 9.85. The third-order valence-electron chi connectivity index (χ3n) is 4.11. The SMILES string of the molecule is COc1ccc(C(N)C(C)C(C)C)c2ccccc12. The van der Waals surface area contributed by atoms with Gasteiger partial charge in [0, 0.05) is 11.4 Å². The Balaban J connectivity index is 2.56. The lowest BCUT2D eigenvalue weighted by molar-refractivity contribution is 0.353. The molecule has 0 fully saturated rings. The van der Waals surface area contributed by atoms with E-state index in [-0.39, 0.29) is 6.04 Å². The van der Waals surface area contributed by atoms with E-state index in [2.05, 4.69) is 45.0 Å². The van der Waals surface area contributed by atoms with E-state index in [0.717, 1.165) is 11.1 Å². The number of fused-ring (bicyclic) bond motifs is 1. The van der Waals surface area contributed by atoms with E-state index >= 15 is 0 Å². The first-order chi connectivity index (χ1) is 9.06. The molecule has 0 radical (unpaired) electrons. The molecule has 0 saturated heterocycles. The highest BCUT2D eigenvalue weighted by atomic mass is 16.5. The van der Waals surface area contributed by atoms with Crippen molar-refractivity contribution in [3.05, 3.63) is 42.0 Å². The van der Waals surface area contributed by atoms with Crippen molar-refractivity contribution in [1.29, 1.82) is 0 Å². The van der Waals surface area contributed by atoms with Gasteiger partial charge in [0.25, 0.3) is 0 Å². The van der Waals surface area contributed by atoms with E-state index in [0.29, 0.717) is 11.8 Å². The molecule has 2 heteroatoms. The predicted octanol–water partition coefficient (Wildman–Crippen LogP) is 4.14. The molecule has 2 aromatic carbocycles. The Labute approximate surface area is 115 Å². The molecule has 102 valence electrons. The van der Waals surface area contributed by atoms with Crippen molar-refractivity contribution in [1.82, 2.24) is 0 Å². The number of hydrogen-bond acceptors (Lipinski definition) is 2. The molecule has 0 spiro atoms. The van der Waals surface area contributed by atoms with Crippen LogP contribution in [0.25, 0.3) is 10.8 Å². The minimum atomic E-state index is 0.0517. The van der Waals surface area contributed by atoms with Crippen LogP contribution in [0.1, 0.15) is 32.4 Å². The second kappa shape index (κ2) is 5.62. The van der Waals surface area contributed by atoms with Crippen LogP contribution in [-0.2, 0) is 0 Å². The lowest BCUT2D eigenvalue weighted by Gasteiger charge is -2.25. The Kier molecular flexibility index (Phi) is 4.11. The molecule has 0 aliphatic carbocycles. The van der Waals surface area contributed by atoms with Gasteiger partial charge in [0.2, 0.25) is 0 Å². The van der Waals surface area contributed by atoms with Crippen molar-refractivity contribution in [2.24, 2.45) is 17.6 Å². The Morgan fingerprint density at radius 2 is 1.58 bits per heavy atom. The van der Waals surface area contributed by atoms with Gasteiger partial charge in [-0.1, -0.05) is 51.1 Å². The van der Waals surface area contributed by atoms with Gasteiger partial charge in [0.05, 0.1) is 7.11 Å². The van der Waals surface area contributed by atoms with Crippen LogP contribution in [0.4, 0.5) is 0 Å². The maximum atomic E-state index is 6.46. The monoisotopic (exact) mass is 257 g/mol. The molecule has 19 heavy (non-hydrogen) atoms. The minimum Gasteiger partial charge on any atom is -0.496 e. The van der Waals surface area contributed by atoms with Crippen LogP contribution in [0.3, 0.4) is 0 Å². The van der Waals surface area contributed by atoms with Crippen molar-refractivity contribution < 1.29 is 4.74 Å². The molecule has 0 saturated carbocycles. The van der Waals surface area contributed by atoms with Gasteiger partial charge in [-0.3, -0.25) is 0 Å². The summed E-state index contributed by atoms with van der Waals surface area (Å²) in [5.41, 5.74) is 7.66. The van der Waals surface area contributed by atoms with Crippen molar-refractivity contribution in [2.75, 3.05) is 7.11 Å². The zero-order valence-corrected chi connectivity index (χ0v) is 12.2. The largest absolute Gasteiger partial charge is 0.496 e. The number of rotatable bonds is 4. The Bertz CT molecular complexity index is 562.